The Morgan fingerprint density at radius 2 is 1.72 bits per heavy atom. The van der Waals surface area contributed by atoms with Crippen LogP contribution in [-0.2, 0) is 20.8 Å². The lowest BCUT2D eigenvalue weighted by atomic mass is 9.62. The number of benzene rings is 2. The molecule has 268 valence electrons. The Balaban J connectivity index is 1.37. The molecular weight excluding hydrogens is 632 g/mol. The van der Waals surface area contributed by atoms with Crippen LogP contribution in [0.1, 0.15) is 82.3 Å². The second kappa shape index (κ2) is 15.7. The highest BCUT2D eigenvalue weighted by Gasteiger charge is 2.48. The number of primary amides is 1. The van der Waals surface area contributed by atoms with E-state index < -0.39 is 53.9 Å². The lowest BCUT2D eigenvalue weighted by Crippen LogP contribution is -2.62. The van der Waals surface area contributed by atoms with Crippen molar-refractivity contribution in [3.8, 4) is 0 Å². The molecule has 1 aliphatic heterocycles. The van der Waals surface area contributed by atoms with E-state index in [4.69, 9.17) is 5.73 Å². The molecule has 0 spiro atoms. The van der Waals surface area contributed by atoms with Gasteiger partial charge in [-0.3, -0.25) is 24.1 Å². The number of hydrogen-bond donors (Lipinski definition) is 5. The van der Waals surface area contributed by atoms with E-state index in [9.17, 15) is 24.3 Å². The Kier molecular flexibility index (Phi) is 11.6. The molecule has 5 rings (SSSR count). The number of β-amino-alcohol motifs (C(OH)–C–C–N with tert-alkyl or cyclic N) is 1. The van der Waals surface area contributed by atoms with E-state index in [0.29, 0.717) is 24.4 Å². The van der Waals surface area contributed by atoms with E-state index in [1.54, 1.807) is 18.2 Å². The molecule has 11 heteroatoms. The Labute approximate surface area is 294 Å². The first-order valence-corrected chi connectivity index (χ1v) is 17.7. The van der Waals surface area contributed by atoms with Crippen molar-refractivity contribution in [2.24, 2.45) is 17.1 Å². The number of piperidine rings is 1. The minimum atomic E-state index is -1.30. The number of fused-ring (bicyclic) bond motifs is 2. The van der Waals surface area contributed by atoms with Crippen molar-refractivity contribution < 1.29 is 24.3 Å². The summed E-state index contributed by atoms with van der Waals surface area (Å²) in [4.78, 5) is 59.5. The Morgan fingerprint density at radius 1 is 1.00 bits per heavy atom. The molecule has 4 amide bonds. The van der Waals surface area contributed by atoms with Crippen LogP contribution >= 0.6 is 0 Å². The maximum absolute atomic E-state index is 13.9. The van der Waals surface area contributed by atoms with Crippen LogP contribution in [0.25, 0.3) is 10.9 Å². The highest BCUT2D eigenvalue weighted by Crippen LogP contribution is 2.48. The third kappa shape index (κ3) is 9.45. The third-order valence-corrected chi connectivity index (χ3v) is 10.3. The lowest BCUT2D eigenvalue weighted by Gasteiger charge is -2.52. The maximum atomic E-state index is 13.9. The van der Waals surface area contributed by atoms with E-state index >= 15 is 0 Å². The molecular formula is C39H52N6O5. The van der Waals surface area contributed by atoms with Crippen molar-refractivity contribution in [1.82, 2.24) is 25.8 Å². The molecule has 11 nitrogen and oxygen atoms in total. The van der Waals surface area contributed by atoms with Gasteiger partial charge in [-0.25, -0.2) is 4.98 Å². The van der Waals surface area contributed by atoms with Crippen LogP contribution < -0.4 is 21.7 Å². The van der Waals surface area contributed by atoms with Gasteiger partial charge in [-0.15, -0.1) is 0 Å². The number of pyridine rings is 1. The fourth-order valence-electron chi connectivity index (χ4n) is 7.58. The van der Waals surface area contributed by atoms with Gasteiger partial charge in [0.05, 0.1) is 30.1 Å². The van der Waals surface area contributed by atoms with Gasteiger partial charge in [0.2, 0.25) is 17.7 Å². The van der Waals surface area contributed by atoms with Gasteiger partial charge in [0, 0.05) is 24.0 Å². The normalized spacial score (nSPS) is 22.8. The van der Waals surface area contributed by atoms with Gasteiger partial charge in [-0.2, -0.15) is 0 Å². The predicted molar refractivity (Wildman–Crippen MR) is 193 cm³/mol. The van der Waals surface area contributed by atoms with E-state index in [0.717, 1.165) is 36.6 Å². The average Bonchev–Trinajstić information content (AvgIpc) is 3.06. The van der Waals surface area contributed by atoms with Crippen LogP contribution in [0, 0.1) is 11.3 Å². The second-order valence-corrected chi connectivity index (χ2v) is 15.5. The van der Waals surface area contributed by atoms with Gasteiger partial charge in [0.1, 0.15) is 11.7 Å². The molecule has 1 aromatic heterocycles. The number of nitrogens with zero attached hydrogens (tertiary/aromatic N) is 2. The van der Waals surface area contributed by atoms with Crippen LogP contribution in [0.3, 0.4) is 0 Å². The zero-order valence-electron chi connectivity index (χ0n) is 29.7. The van der Waals surface area contributed by atoms with Crippen molar-refractivity contribution in [2.45, 2.75) is 102 Å². The number of likely N-dealkylation sites (tertiary alicyclic amines) is 1. The van der Waals surface area contributed by atoms with Crippen LogP contribution in [-0.4, -0.2) is 81.5 Å². The second-order valence-electron chi connectivity index (χ2n) is 15.5. The maximum Gasteiger partial charge on any atom is 0.270 e. The summed E-state index contributed by atoms with van der Waals surface area (Å²) in [6.45, 7) is 8.99. The summed E-state index contributed by atoms with van der Waals surface area (Å²) in [6, 6.07) is 17.6. The summed E-state index contributed by atoms with van der Waals surface area (Å²) < 4.78 is 0. The monoisotopic (exact) mass is 684 g/mol. The first-order chi connectivity index (χ1) is 23.7. The van der Waals surface area contributed by atoms with Gasteiger partial charge in [0.15, 0.2) is 0 Å². The minimum absolute atomic E-state index is 0.0390. The van der Waals surface area contributed by atoms with Gasteiger partial charge in [0.25, 0.3) is 5.91 Å². The van der Waals surface area contributed by atoms with Crippen molar-refractivity contribution in [2.75, 3.05) is 13.1 Å². The molecule has 0 bridgehead atoms. The van der Waals surface area contributed by atoms with Crippen LogP contribution in [0.5, 0.6) is 0 Å². The number of nitrogens with two attached hydrogens (primary N) is 1. The summed E-state index contributed by atoms with van der Waals surface area (Å²) in [5, 5.41) is 21.5. The number of hydrogen-bond acceptors (Lipinski definition) is 7. The molecule has 1 aliphatic carbocycles. The standard InChI is InChI=1S/C39H52N6O5/c1-38(2,3)44-37(50)32-22-39(4)19-11-10-15-27(39)23-45(32)24-33(46)30(20-25-12-6-5-7-13-25)42-36(49)31(21-34(40)47)43-35(48)29-18-17-26-14-8-9-16-28(26)41-29/h5-9,12-14,16-18,27,30-33,46H,10-11,15,19-24H2,1-4H3,(H2,40,47)(H,42,49)(H,43,48)(H,44,50)/t27-,30+,31+,32+,33-,39+/m1/s1. The van der Waals surface area contributed by atoms with Gasteiger partial charge >= 0.3 is 0 Å². The quantitative estimate of drug-likeness (QED) is 0.195. The van der Waals surface area contributed by atoms with Crippen molar-refractivity contribution in [3.05, 3.63) is 78.0 Å². The summed E-state index contributed by atoms with van der Waals surface area (Å²) in [7, 11) is 0. The van der Waals surface area contributed by atoms with Crippen molar-refractivity contribution >= 4 is 34.5 Å². The molecule has 50 heavy (non-hydrogen) atoms. The Bertz CT molecular complexity index is 1680. The zero-order valence-corrected chi connectivity index (χ0v) is 29.7. The Morgan fingerprint density at radius 3 is 2.44 bits per heavy atom. The number of carbonyl (C=O) groups excluding carboxylic acids is 4. The highest BCUT2D eigenvalue weighted by atomic mass is 16.3. The molecule has 2 aromatic carbocycles. The molecule has 2 heterocycles. The molecule has 6 atom stereocenters. The molecule has 3 aromatic rings. The zero-order chi connectivity index (χ0) is 36.1. The molecule has 1 saturated carbocycles. The van der Waals surface area contributed by atoms with E-state index in [2.05, 4.69) is 32.8 Å². The fourth-order valence-corrected chi connectivity index (χ4v) is 7.58. The average molecular weight is 685 g/mol. The molecule has 0 unspecified atom stereocenters. The summed E-state index contributed by atoms with van der Waals surface area (Å²) in [5.41, 5.74) is 6.74. The van der Waals surface area contributed by atoms with Gasteiger partial charge in [-0.05, 0) is 75.5 Å². The van der Waals surface area contributed by atoms with Crippen LogP contribution in [0.4, 0.5) is 0 Å². The molecule has 2 fully saturated rings. The molecule has 0 radical (unpaired) electrons. The van der Waals surface area contributed by atoms with Crippen LogP contribution in [0.15, 0.2) is 66.7 Å². The summed E-state index contributed by atoms with van der Waals surface area (Å²) in [6.07, 6.45) is 3.88. The molecule has 2 aliphatic rings. The van der Waals surface area contributed by atoms with Crippen LogP contribution in [0.2, 0.25) is 0 Å². The first kappa shape index (κ1) is 36.9. The summed E-state index contributed by atoms with van der Waals surface area (Å²) in [5.74, 6) is -1.73. The molecule has 6 N–H and O–H groups in total. The van der Waals surface area contributed by atoms with E-state index in [1.807, 2.05) is 69.3 Å². The lowest BCUT2D eigenvalue weighted by molar-refractivity contribution is -0.136. The first-order valence-electron chi connectivity index (χ1n) is 17.7. The predicted octanol–water partition coefficient (Wildman–Crippen LogP) is 3.48. The fraction of sp³-hybridized carbons (Fsp3) is 0.513. The van der Waals surface area contributed by atoms with E-state index in [1.165, 1.54) is 0 Å². The molecule has 1 saturated heterocycles. The smallest absolute Gasteiger partial charge is 0.270 e. The van der Waals surface area contributed by atoms with E-state index in [-0.39, 0.29) is 30.0 Å². The number of carbonyl (C=O) groups is 4. The number of amides is 4. The number of aromatic nitrogens is 1. The van der Waals surface area contributed by atoms with Crippen molar-refractivity contribution in [3.63, 3.8) is 0 Å². The largest absolute Gasteiger partial charge is 0.390 e. The number of aliphatic hydroxyl groups is 1. The summed E-state index contributed by atoms with van der Waals surface area (Å²) >= 11 is 0. The number of para-hydroxylation sites is 1. The van der Waals surface area contributed by atoms with Crippen molar-refractivity contribution in [1.29, 1.82) is 0 Å². The number of aliphatic hydroxyl groups excluding tert-OH is 1. The van der Waals surface area contributed by atoms with Gasteiger partial charge in [-0.1, -0.05) is 74.4 Å². The van der Waals surface area contributed by atoms with Gasteiger partial charge < -0.3 is 26.8 Å². The number of rotatable bonds is 12. The number of nitrogens with one attached hydrogen (secondary N) is 3. The SMILES string of the molecule is CC(C)(C)NC(=O)[C@@H]1C[C@]2(C)CCCC[C@@H]2CN1C[C@@H](O)[C@H](Cc1ccccc1)NC(=O)[C@H](CC(N)=O)NC(=O)c1ccc2ccccc2n1. The third-order valence-electron chi connectivity index (χ3n) is 10.3. The Hall–Kier alpha value is -4.35. The highest BCUT2D eigenvalue weighted by molar-refractivity contribution is 5.99. The minimum Gasteiger partial charge on any atom is -0.390 e. The topological polar surface area (TPSA) is 167 Å².